The molecule has 0 radical (unpaired) electrons. The molecule has 9 nitrogen and oxygen atoms in total. The molecule has 1 unspecified atom stereocenters. The number of aryl methyl sites for hydroxylation is 1. The van der Waals surface area contributed by atoms with E-state index in [0.29, 0.717) is 18.5 Å². The molecule has 2 aromatic heterocycles. The number of anilines is 1. The molecule has 0 saturated carbocycles. The molecule has 13 heteroatoms. The Morgan fingerprint density at radius 1 is 1.13 bits per heavy atom. The molecule has 1 aromatic carbocycles. The highest BCUT2D eigenvalue weighted by atomic mass is 35.5. The number of hydrogen-bond acceptors (Lipinski definition) is 6. The molecular formula is C25H26Cl2FN5O4S. The van der Waals surface area contributed by atoms with Crippen LogP contribution in [0.4, 0.5) is 10.2 Å². The number of rotatable bonds is 6. The molecule has 0 fully saturated rings. The minimum absolute atomic E-state index is 0.0273. The first kappa shape index (κ1) is 26.7. The number of sulfonamides is 1. The molecule has 202 valence electrons. The summed E-state index contributed by atoms with van der Waals surface area (Å²) >= 11 is 12.2. The molecule has 1 atom stereocenters. The summed E-state index contributed by atoms with van der Waals surface area (Å²) in [5, 5.41) is 0.167. The average Bonchev–Trinajstić information content (AvgIpc) is 3.03. The summed E-state index contributed by atoms with van der Waals surface area (Å²) in [6.45, 7) is 0.723. The lowest BCUT2D eigenvalue weighted by Gasteiger charge is -2.37. The first-order valence-electron chi connectivity index (χ1n) is 12.2. The van der Waals surface area contributed by atoms with Crippen LogP contribution in [-0.2, 0) is 34.2 Å². The Labute approximate surface area is 230 Å². The van der Waals surface area contributed by atoms with Gasteiger partial charge in [-0.05, 0) is 37.1 Å². The van der Waals surface area contributed by atoms with Crippen LogP contribution in [0.1, 0.15) is 48.1 Å². The van der Waals surface area contributed by atoms with Crippen molar-refractivity contribution in [2.75, 3.05) is 24.1 Å². The number of amides is 1. The summed E-state index contributed by atoms with van der Waals surface area (Å²) < 4.78 is 48.2. The number of carbonyl (C=O) groups is 1. The number of imidazole rings is 1. The summed E-state index contributed by atoms with van der Waals surface area (Å²) in [6.07, 6.45) is 5.49. The summed E-state index contributed by atoms with van der Waals surface area (Å²) in [5.74, 6) is 0.245. The smallest absolute Gasteiger partial charge is 0.261 e. The van der Waals surface area contributed by atoms with Crippen molar-refractivity contribution in [1.82, 2.24) is 19.4 Å². The van der Waals surface area contributed by atoms with Crippen LogP contribution < -0.4 is 9.46 Å². The van der Waals surface area contributed by atoms with Gasteiger partial charge in [-0.15, -0.1) is 0 Å². The van der Waals surface area contributed by atoms with Gasteiger partial charge in [0, 0.05) is 36.5 Å². The van der Waals surface area contributed by atoms with E-state index in [4.69, 9.17) is 32.9 Å². The van der Waals surface area contributed by atoms with Gasteiger partial charge in [-0.1, -0.05) is 35.7 Å². The number of carbonyl (C=O) groups excluding carboxylic acids is 1. The van der Waals surface area contributed by atoms with Crippen molar-refractivity contribution in [3.05, 3.63) is 69.1 Å². The molecule has 0 aliphatic carbocycles. The van der Waals surface area contributed by atoms with Gasteiger partial charge in [-0.25, -0.2) is 22.8 Å². The number of fused-ring (bicyclic) bond motifs is 3. The van der Waals surface area contributed by atoms with Crippen LogP contribution in [0.3, 0.4) is 0 Å². The van der Waals surface area contributed by atoms with Crippen LogP contribution in [0, 0.1) is 5.82 Å². The topological polar surface area (TPSA) is 106 Å². The molecule has 0 saturated heterocycles. The summed E-state index contributed by atoms with van der Waals surface area (Å²) in [7, 11) is -3.53. The fourth-order valence-electron chi connectivity index (χ4n) is 5.04. The van der Waals surface area contributed by atoms with Crippen molar-refractivity contribution in [3.8, 4) is 5.75 Å². The molecule has 0 spiro atoms. The number of hydrogen-bond donors (Lipinski definition) is 1. The monoisotopic (exact) mass is 581 g/mol. The van der Waals surface area contributed by atoms with Crippen LogP contribution in [0.15, 0.2) is 30.3 Å². The molecule has 1 N–H and O–H groups in total. The Bertz CT molecular complexity index is 1500. The Morgan fingerprint density at radius 3 is 2.68 bits per heavy atom. The van der Waals surface area contributed by atoms with Crippen LogP contribution >= 0.6 is 23.2 Å². The van der Waals surface area contributed by atoms with Gasteiger partial charge in [-0.3, -0.25) is 9.52 Å². The van der Waals surface area contributed by atoms with Crippen LogP contribution in [-0.4, -0.2) is 53.2 Å². The summed E-state index contributed by atoms with van der Waals surface area (Å²) in [6, 6.07) is 6.60. The molecule has 1 amide bonds. The van der Waals surface area contributed by atoms with Gasteiger partial charge in [-0.2, -0.15) is 0 Å². The van der Waals surface area contributed by atoms with E-state index in [2.05, 4.69) is 14.3 Å². The van der Waals surface area contributed by atoms with Crippen LogP contribution in [0.25, 0.3) is 0 Å². The standard InChI is InChI=1S/C25H26Cl2FN5O4S/c1-38(35,36)31-20-9-8-19(25(27)30-20)37-14-22(34)33-12-10-18-24(32-11-4-2-3-5-21(32)29-18)23(33)16-7-6-15(26)13-17(16)28/h6-9,13,23H,2-5,10-12,14H2,1H3,(H,30,31). The van der Waals surface area contributed by atoms with Gasteiger partial charge < -0.3 is 14.2 Å². The number of ether oxygens (including phenoxy) is 1. The second-order valence-electron chi connectivity index (χ2n) is 9.38. The van der Waals surface area contributed by atoms with Crippen molar-refractivity contribution in [3.63, 3.8) is 0 Å². The maximum Gasteiger partial charge on any atom is 0.261 e. The third-order valence-electron chi connectivity index (χ3n) is 6.64. The van der Waals surface area contributed by atoms with Gasteiger partial charge >= 0.3 is 0 Å². The van der Waals surface area contributed by atoms with Gasteiger partial charge in [0.05, 0.1) is 17.6 Å². The van der Waals surface area contributed by atoms with E-state index >= 15 is 4.39 Å². The fraction of sp³-hybridized carbons (Fsp3) is 0.400. The van der Waals surface area contributed by atoms with E-state index in [9.17, 15) is 13.2 Å². The van der Waals surface area contributed by atoms with Gasteiger partial charge in [0.15, 0.2) is 17.5 Å². The highest BCUT2D eigenvalue weighted by Gasteiger charge is 2.38. The maximum absolute atomic E-state index is 15.3. The molecular weight excluding hydrogens is 556 g/mol. The van der Waals surface area contributed by atoms with E-state index in [0.717, 1.165) is 55.7 Å². The highest BCUT2D eigenvalue weighted by Crippen LogP contribution is 2.39. The van der Waals surface area contributed by atoms with Crippen molar-refractivity contribution in [2.45, 2.75) is 44.7 Å². The van der Waals surface area contributed by atoms with E-state index in [1.54, 1.807) is 17.0 Å². The predicted octanol–water partition coefficient (Wildman–Crippen LogP) is 4.38. The number of pyridine rings is 1. The quantitative estimate of drug-likeness (QED) is 0.433. The molecule has 3 aromatic rings. The number of nitrogens with one attached hydrogen (secondary N) is 1. The summed E-state index contributed by atoms with van der Waals surface area (Å²) in [4.78, 5) is 24.0. The Balaban J connectivity index is 1.44. The fourth-order valence-corrected chi connectivity index (χ4v) is 5.90. The zero-order valence-corrected chi connectivity index (χ0v) is 22.9. The Hall–Kier alpha value is -2.89. The van der Waals surface area contributed by atoms with E-state index in [-0.39, 0.29) is 34.3 Å². The van der Waals surface area contributed by atoms with Gasteiger partial charge in [0.25, 0.3) is 5.91 Å². The Morgan fingerprint density at radius 2 is 1.95 bits per heavy atom. The van der Waals surface area contributed by atoms with E-state index < -0.39 is 21.9 Å². The highest BCUT2D eigenvalue weighted by molar-refractivity contribution is 7.92. The lowest BCUT2D eigenvalue weighted by molar-refractivity contribution is -0.135. The minimum Gasteiger partial charge on any atom is -0.481 e. The SMILES string of the molecule is CS(=O)(=O)Nc1ccc(OCC(=O)N2CCc3nc4n(c3C2c2ccc(Cl)cc2F)CCCCC4)c(Cl)n1. The Kier molecular flexibility index (Phi) is 7.52. The lowest BCUT2D eigenvalue weighted by Crippen LogP contribution is -2.44. The number of halogens is 3. The van der Waals surface area contributed by atoms with Crippen molar-refractivity contribution >= 4 is 45.0 Å². The van der Waals surface area contributed by atoms with Crippen molar-refractivity contribution < 1.29 is 22.3 Å². The number of aromatic nitrogens is 3. The molecule has 5 rings (SSSR count). The zero-order chi connectivity index (χ0) is 27.0. The third-order valence-corrected chi connectivity index (χ3v) is 7.72. The zero-order valence-electron chi connectivity index (χ0n) is 20.6. The molecule has 2 aliphatic rings. The number of benzene rings is 1. The normalized spacial score (nSPS) is 17.4. The predicted molar refractivity (Wildman–Crippen MR) is 142 cm³/mol. The molecule has 4 heterocycles. The largest absolute Gasteiger partial charge is 0.481 e. The van der Waals surface area contributed by atoms with Crippen molar-refractivity contribution in [1.29, 1.82) is 0 Å². The lowest BCUT2D eigenvalue weighted by atomic mass is 9.94. The maximum atomic E-state index is 15.3. The third kappa shape index (κ3) is 5.60. The number of nitrogens with zero attached hydrogens (tertiary/aromatic N) is 4. The minimum atomic E-state index is -3.53. The van der Waals surface area contributed by atoms with Crippen molar-refractivity contribution in [2.24, 2.45) is 0 Å². The molecule has 2 aliphatic heterocycles. The second-order valence-corrected chi connectivity index (χ2v) is 11.9. The molecule has 0 bridgehead atoms. The van der Waals surface area contributed by atoms with Gasteiger partial charge in [0.1, 0.15) is 23.5 Å². The first-order valence-corrected chi connectivity index (χ1v) is 14.8. The van der Waals surface area contributed by atoms with Crippen LogP contribution in [0.2, 0.25) is 10.2 Å². The van der Waals surface area contributed by atoms with Gasteiger partial charge in [0.2, 0.25) is 10.0 Å². The average molecular weight is 582 g/mol. The summed E-state index contributed by atoms with van der Waals surface area (Å²) in [5.41, 5.74) is 2.05. The second kappa shape index (κ2) is 10.7. The molecule has 38 heavy (non-hydrogen) atoms. The van der Waals surface area contributed by atoms with E-state index in [1.165, 1.54) is 18.2 Å². The first-order chi connectivity index (χ1) is 18.1. The van der Waals surface area contributed by atoms with E-state index in [1.807, 2.05) is 0 Å². The van der Waals surface area contributed by atoms with Crippen LogP contribution in [0.5, 0.6) is 5.75 Å².